The molecule has 0 saturated carbocycles. The van der Waals surface area contributed by atoms with Crippen LogP contribution in [0.2, 0.25) is 0 Å². The molecule has 4 rings (SSSR count). The Labute approximate surface area is 165 Å². The van der Waals surface area contributed by atoms with E-state index in [1.165, 1.54) is 23.5 Å². The molecule has 0 saturated heterocycles. The minimum Gasteiger partial charge on any atom is -0.320 e. The number of hydrogen-bond acceptors (Lipinski definition) is 5. The third kappa shape index (κ3) is 3.81. The van der Waals surface area contributed by atoms with Gasteiger partial charge in [0.1, 0.15) is 0 Å². The van der Waals surface area contributed by atoms with Gasteiger partial charge in [-0.1, -0.05) is 24.3 Å². The zero-order valence-electron chi connectivity index (χ0n) is 14.5. The fourth-order valence-corrected chi connectivity index (χ4v) is 4.52. The second kappa shape index (κ2) is 7.55. The smallest absolute Gasteiger partial charge is 0.255 e. The highest BCUT2D eigenvalue weighted by Gasteiger charge is 2.17. The minimum absolute atomic E-state index is 0.0384. The van der Waals surface area contributed by atoms with Gasteiger partial charge in [-0.25, -0.2) is 13.1 Å². The molecule has 0 aliphatic carbocycles. The Bertz CT molecular complexity index is 1230. The summed E-state index contributed by atoms with van der Waals surface area (Å²) in [5.41, 5.74) is 1.52. The van der Waals surface area contributed by atoms with Gasteiger partial charge in [0, 0.05) is 22.4 Å². The van der Waals surface area contributed by atoms with Crippen LogP contribution < -0.4 is 10.0 Å². The maximum Gasteiger partial charge on any atom is 0.255 e. The first-order valence-corrected chi connectivity index (χ1v) is 10.7. The van der Waals surface area contributed by atoms with E-state index in [4.69, 9.17) is 0 Å². The number of para-hydroxylation sites is 1. The van der Waals surface area contributed by atoms with Crippen molar-refractivity contribution in [3.8, 4) is 0 Å². The van der Waals surface area contributed by atoms with Crippen LogP contribution >= 0.6 is 11.3 Å². The minimum atomic E-state index is -3.73. The zero-order chi connectivity index (χ0) is 19.6. The van der Waals surface area contributed by atoms with Gasteiger partial charge in [-0.2, -0.15) is 5.10 Å². The molecule has 7 nitrogen and oxygen atoms in total. The second-order valence-electron chi connectivity index (χ2n) is 6.03. The first-order valence-electron chi connectivity index (χ1n) is 8.38. The van der Waals surface area contributed by atoms with Gasteiger partial charge in [-0.3, -0.25) is 9.89 Å². The molecular formula is C19H16N4O3S2. The van der Waals surface area contributed by atoms with E-state index in [1.54, 1.807) is 24.4 Å². The standard InChI is InChI=1S/C19H16N4O3S2/c24-19(22-17-8-2-5-14-11-20-23-18(14)17)13-4-1-7-16(10-13)28(25,26)21-12-15-6-3-9-27-15/h1-11,21H,12H2,(H,20,23)(H,22,24). The average molecular weight is 412 g/mol. The summed E-state index contributed by atoms with van der Waals surface area (Å²) in [5.74, 6) is -0.405. The van der Waals surface area contributed by atoms with Gasteiger partial charge in [-0.15, -0.1) is 11.3 Å². The van der Waals surface area contributed by atoms with Crippen molar-refractivity contribution < 1.29 is 13.2 Å². The molecule has 3 N–H and O–H groups in total. The molecule has 0 radical (unpaired) electrons. The predicted molar refractivity (Wildman–Crippen MR) is 109 cm³/mol. The Kier molecular flexibility index (Phi) is 4.95. The Morgan fingerprint density at radius 3 is 2.79 bits per heavy atom. The van der Waals surface area contributed by atoms with E-state index in [9.17, 15) is 13.2 Å². The Morgan fingerprint density at radius 1 is 1.11 bits per heavy atom. The summed E-state index contributed by atoms with van der Waals surface area (Å²) in [5, 5.41) is 12.4. The quantitative estimate of drug-likeness (QED) is 0.452. The number of aromatic amines is 1. The van der Waals surface area contributed by atoms with Crippen molar-refractivity contribution in [2.45, 2.75) is 11.4 Å². The summed E-state index contributed by atoms with van der Waals surface area (Å²) in [4.78, 5) is 13.6. The second-order valence-corrected chi connectivity index (χ2v) is 8.82. The molecule has 0 aliphatic rings. The van der Waals surface area contributed by atoms with Crippen LogP contribution in [-0.4, -0.2) is 24.5 Å². The number of H-pyrrole nitrogens is 1. The van der Waals surface area contributed by atoms with Crippen LogP contribution in [0, 0.1) is 0 Å². The average Bonchev–Trinajstić information content (AvgIpc) is 3.39. The predicted octanol–water partition coefficient (Wildman–Crippen LogP) is 3.36. The largest absolute Gasteiger partial charge is 0.320 e. The number of thiophene rings is 1. The maximum absolute atomic E-state index is 12.6. The van der Waals surface area contributed by atoms with Gasteiger partial charge >= 0.3 is 0 Å². The Hall–Kier alpha value is -3.01. The Balaban J connectivity index is 1.54. The summed E-state index contributed by atoms with van der Waals surface area (Å²) in [6.07, 6.45) is 1.66. The summed E-state index contributed by atoms with van der Waals surface area (Å²) in [7, 11) is -3.73. The molecule has 4 aromatic rings. The van der Waals surface area contributed by atoms with E-state index in [0.717, 1.165) is 10.3 Å². The monoisotopic (exact) mass is 412 g/mol. The van der Waals surface area contributed by atoms with Crippen molar-refractivity contribution in [2.24, 2.45) is 0 Å². The molecular weight excluding hydrogens is 396 g/mol. The van der Waals surface area contributed by atoms with Gasteiger partial charge in [0.2, 0.25) is 10.0 Å². The van der Waals surface area contributed by atoms with Crippen molar-refractivity contribution in [1.29, 1.82) is 0 Å². The maximum atomic E-state index is 12.6. The van der Waals surface area contributed by atoms with Crippen molar-refractivity contribution in [1.82, 2.24) is 14.9 Å². The molecule has 0 spiro atoms. The summed E-state index contributed by atoms with van der Waals surface area (Å²) >= 11 is 1.47. The SMILES string of the molecule is O=C(Nc1cccc2cn[nH]c12)c1cccc(S(=O)(=O)NCc2cccs2)c1. The topological polar surface area (TPSA) is 104 Å². The van der Waals surface area contributed by atoms with Gasteiger partial charge < -0.3 is 5.32 Å². The molecule has 2 aromatic carbocycles. The number of anilines is 1. The number of hydrogen-bond donors (Lipinski definition) is 3. The molecule has 0 bridgehead atoms. The van der Waals surface area contributed by atoms with Crippen LogP contribution in [0.3, 0.4) is 0 Å². The van der Waals surface area contributed by atoms with E-state index in [1.807, 2.05) is 29.6 Å². The van der Waals surface area contributed by atoms with Crippen LogP contribution in [0.4, 0.5) is 5.69 Å². The summed E-state index contributed by atoms with van der Waals surface area (Å²) in [6, 6.07) is 15.1. The highest BCUT2D eigenvalue weighted by molar-refractivity contribution is 7.89. The fraction of sp³-hybridized carbons (Fsp3) is 0.0526. The van der Waals surface area contributed by atoms with Gasteiger partial charge in [0.15, 0.2) is 0 Å². The van der Waals surface area contributed by atoms with Crippen LogP contribution in [0.15, 0.2) is 71.1 Å². The van der Waals surface area contributed by atoms with Gasteiger partial charge in [0.25, 0.3) is 5.91 Å². The van der Waals surface area contributed by atoms with Crippen LogP contribution in [0.5, 0.6) is 0 Å². The molecule has 2 heterocycles. The van der Waals surface area contributed by atoms with E-state index in [2.05, 4.69) is 20.2 Å². The number of benzene rings is 2. The van der Waals surface area contributed by atoms with Crippen molar-refractivity contribution in [3.05, 3.63) is 76.6 Å². The van der Waals surface area contributed by atoms with Gasteiger partial charge in [-0.05, 0) is 35.7 Å². The fourth-order valence-electron chi connectivity index (χ4n) is 2.73. The van der Waals surface area contributed by atoms with Crippen molar-refractivity contribution in [3.63, 3.8) is 0 Å². The van der Waals surface area contributed by atoms with E-state index in [-0.39, 0.29) is 17.0 Å². The third-order valence-corrected chi connectivity index (χ3v) is 6.42. The number of rotatable bonds is 6. The number of aromatic nitrogens is 2. The van der Waals surface area contributed by atoms with E-state index < -0.39 is 15.9 Å². The summed E-state index contributed by atoms with van der Waals surface area (Å²) in [6.45, 7) is 0.207. The molecule has 28 heavy (non-hydrogen) atoms. The zero-order valence-corrected chi connectivity index (χ0v) is 16.2. The molecule has 9 heteroatoms. The lowest BCUT2D eigenvalue weighted by Gasteiger charge is -2.09. The van der Waals surface area contributed by atoms with E-state index >= 15 is 0 Å². The van der Waals surface area contributed by atoms with Crippen LogP contribution in [0.25, 0.3) is 10.9 Å². The highest BCUT2D eigenvalue weighted by atomic mass is 32.2. The number of carbonyl (C=O) groups is 1. The van der Waals surface area contributed by atoms with Crippen molar-refractivity contribution in [2.75, 3.05) is 5.32 Å². The molecule has 0 aliphatic heterocycles. The molecule has 0 unspecified atom stereocenters. The van der Waals surface area contributed by atoms with Crippen LogP contribution in [-0.2, 0) is 16.6 Å². The first-order chi connectivity index (χ1) is 13.5. The lowest BCUT2D eigenvalue weighted by atomic mass is 10.2. The van der Waals surface area contributed by atoms with E-state index in [0.29, 0.717) is 11.2 Å². The lowest BCUT2D eigenvalue weighted by molar-refractivity contribution is 0.102. The number of fused-ring (bicyclic) bond motifs is 1. The number of nitrogens with one attached hydrogen (secondary N) is 3. The number of sulfonamides is 1. The lowest BCUT2D eigenvalue weighted by Crippen LogP contribution is -2.23. The number of nitrogens with zero attached hydrogens (tertiary/aromatic N) is 1. The van der Waals surface area contributed by atoms with Crippen molar-refractivity contribution >= 4 is 43.9 Å². The normalized spacial score (nSPS) is 11.6. The molecule has 1 amide bonds. The molecule has 0 fully saturated rings. The number of amides is 1. The summed E-state index contributed by atoms with van der Waals surface area (Å²) < 4.78 is 27.7. The van der Waals surface area contributed by atoms with Gasteiger partial charge in [0.05, 0.1) is 22.3 Å². The Morgan fingerprint density at radius 2 is 1.96 bits per heavy atom. The third-order valence-electron chi connectivity index (χ3n) is 4.15. The molecule has 142 valence electrons. The number of carbonyl (C=O) groups excluding carboxylic acids is 1. The molecule has 0 atom stereocenters. The van der Waals surface area contributed by atoms with Crippen LogP contribution in [0.1, 0.15) is 15.2 Å². The highest BCUT2D eigenvalue weighted by Crippen LogP contribution is 2.22. The first kappa shape index (κ1) is 18.4. The molecule has 2 aromatic heterocycles.